The van der Waals surface area contributed by atoms with Crippen molar-refractivity contribution in [2.24, 2.45) is 5.73 Å². The fraction of sp³-hybridized carbons (Fsp3) is 0.391. The summed E-state index contributed by atoms with van der Waals surface area (Å²) in [6.45, 7) is 1.59. The molecule has 9 heteroatoms. The molecule has 1 aliphatic carbocycles. The summed E-state index contributed by atoms with van der Waals surface area (Å²) in [4.78, 5) is 33.5. The van der Waals surface area contributed by atoms with Crippen LogP contribution in [0.15, 0.2) is 35.1 Å². The van der Waals surface area contributed by atoms with Crippen LogP contribution in [0.2, 0.25) is 0 Å². The van der Waals surface area contributed by atoms with Crippen molar-refractivity contribution < 1.29 is 4.79 Å². The number of nitrogens with one attached hydrogen (secondary N) is 1. The second-order valence-corrected chi connectivity index (χ2v) is 9.55. The van der Waals surface area contributed by atoms with Gasteiger partial charge < -0.3 is 16.0 Å². The van der Waals surface area contributed by atoms with Crippen LogP contribution in [0, 0.1) is 11.3 Å². The number of benzene rings is 1. The zero-order valence-electron chi connectivity index (χ0n) is 17.6. The van der Waals surface area contributed by atoms with Crippen molar-refractivity contribution in [3.05, 3.63) is 56.7 Å². The average molecular weight is 449 g/mol. The summed E-state index contributed by atoms with van der Waals surface area (Å²) >= 11 is 1.18. The molecular formula is C23H24N6O2S. The van der Waals surface area contributed by atoms with Crippen molar-refractivity contribution in [2.45, 2.75) is 44.3 Å². The van der Waals surface area contributed by atoms with Gasteiger partial charge in [0, 0.05) is 25.2 Å². The molecule has 1 saturated carbocycles. The smallest absolute Gasteiger partial charge is 0.273 e. The zero-order valence-corrected chi connectivity index (χ0v) is 18.4. The van der Waals surface area contributed by atoms with Crippen molar-refractivity contribution in [1.29, 1.82) is 5.26 Å². The van der Waals surface area contributed by atoms with Crippen LogP contribution in [-0.4, -0.2) is 40.6 Å². The van der Waals surface area contributed by atoms with Crippen molar-refractivity contribution in [3.8, 4) is 6.07 Å². The van der Waals surface area contributed by atoms with Crippen LogP contribution in [0.5, 0.6) is 0 Å². The molecule has 1 aromatic carbocycles. The van der Waals surface area contributed by atoms with Crippen molar-refractivity contribution in [1.82, 2.24) is 14.9 Å². The Morgan fingerprint density at radius 2 is 2.12 bits per heavy atom. The molecular weight excluding hydrogens is 424 g/mol. The summed E-state index contributed by atoms with van der Waals surface area (Å²) in [6, 6.07) is 11.4. The minimum absolute atomic E-state index is 0.0125. The first-order valence-corrected chi connectivity index (χ1v) is 11.7. The highest BCUT2D eigenvalue weighted by Crippen LogP contribution is 2.27. The van der Waals surface area contributed by atoms with Crippen LogP contribution in [0.3, 0.4) is 0 Å². The second-order valence-electron chi connectivity index (χ2n) is 8.49. The Labute approximate surface area is 189 Å². The number of piperidine rings is 1. The third-order valence-electron chi connectivity index (χ3n) is 5.96. The normalized spacial score (nSPS) is 18.5. The Bertz CT molecular complexity index is 1290. The monoisotopic (exact) mass is 448 g/mol. The fourth-order valence-corrected chi connectivity index (χ4v) is 5.06. The molecule has 8 nitrogen and oxygen atoms in total. The standard InChI is InChI=1S/C23H24N6O2S/c24-11-14-4-1-2-5-15(14)12-29-22(31)20-18(10-19(32-20)21(30)26-17-7-8-17)27-23(29)28-9-3-6-16(25)13-28/h1-2,4-5,10,16-17H,3,6-9,12-13,25H2,(H,26,30)/t16-/m1/s1. The number of thiophene rings is 1. The molecule has 2 aromatic heterocycles. The Kier molecular flexibility index (Phi) is 5.41. The lowest BCUT2D eigenvalue weighted by Crippen LogP contribution is -2.45. The maximum absolute atomic E-state index is 13.6. The number of rotatable bonds is 5. The van der Waals surface area contributed by atoms with Crippen molar-refractivity contribution in [3.63, 3.8) is 0 Å². The number of nitrogens with zero attached hydrogens (tertiary/aromatic N) is 4. The second kappa shape index (κ2) is 8.37. The number of hydrogen-bond donors (Lipinski definition) is 2. The summed E-state index contributed by atoms with van der Waals surface area (Å²) in [5.41, 5.74) is 7.81. The van der Waals surface area contributed by atoms with E-state index in [4.69, 9.17) is 10.7 Å². The first kappa shape index (κ1) is 20.7. The van der Waals surface area contributed by atoms with E-state index in [-0.39, 0.29) is 30.1 Å². The molecule has 0 unspecified atom stereocenters. The van der Waals surface area contributed by atoms with E-state index in [9.17, 15) is 14.9 Å². The number of hydrogen-bond acceptors (Lipinski definition) is 7. The van der Waals surface area contributed by atoms with Gasteiger partial charge in [0.05, 0.1) is 28.6 Å². The zero-order chi connectivity index (χ0) is 22.2. The van der Waals surface area contributed by atoms with Gasteiger partial charge in [0.25, 0.3) is 11.5 Å². The number of nitrogens with two attached hydrogens (primary N) is 1. The first-order chi connectivity index (χ1) is 15.5. The van der Waals surface area contributed by atoms with E-state index in [2.05, 4.69) is 11.4 Å². The van der Waals surface area contributed by atoms with Crippen LogP contribution in [-0.2, 0) is 6.54 Å². The predicted molar refractivity (Wildman–Crippen MR) is 124 cm³/mol. The van der Waals surface area contributed by atoms with Gasteiger partial charge in [0.15, 0.2) is 0 Å². The van der Waals surface area contributed by atoms with Crippen molar-refractivity contribution in [2.75, 3.05) is 18.0 Å². The molecule has 2 fully saturated rings. The lowest BCUT2D eigenvalue weighted by molar-refractivity contribution is 0.0955. The Balaban J connectivity index is 1.62. The molecule has 1 aliphatic heterocycles. The summed E-state index contributed by atoms with van der Waals surface area (Å²) < 4.78 is 2.07. The van der Waals surface area contributed by atoms with Crippen LogP contribution in [0.25, 0.3) is 10.2 Å². The quantitative estimate of drug-likeness (QED) is 0.618. The molecule has 164 valence electrons. The van der Waals surface area contributed by atoms with Gasteiger partial charge >= 0.3 is 0 Å². The molecule has 0 radical (unpaired) electrons. The molecule has 1 amide bonds. The molecule has 3 heterocycles. The number of anilines is 1. The molecule has 1 saturated heterocycles. The summed E-state index contributed by atoms with van der Waals surface area (Å²) in [7, 11) is 0. The Morgan fingerprint density at radius 1 is 1.31 bits per heavy atom. The highest BCUT2D eigenvalue weighted by Gasteiger charge is 2.27. The molecule has 5 rings (SSSR count). The van der Waals surface area contributed by atoms with Crippen LogP contribution in [0.1, 0.15) is 46.5 Å². The number of nitriles is 1. The van der Waals surface area contributed by atoms with Crippen LogP contribution < -0.4 is 21.5 Å². The molecule has 1 atom stereocenters. The van der Waals surface area contributed by atoms with Crippen molar-refractivity contribution >= 4 is 33.4 Å². The maximum Gasteiger partial charge on any atom is 0.273 e. The highest BCUT2D eigenvalue weighted by atomic mass is 32.1. The third kappa shape index (κ3) is 3.99. The summed E-state index contributed by atoms with van der Waals surface area (Å²) in [5, 5.41) is 12.5. The largest absolute Gasteiger partial charge is 0.349 e. The molecule has 0 bridgehead atoms. The molecule has 32 heavy (non-hydrogen) atoms. The van der Waals surface area contributed by atoms with E-state index in [0.29, 0.717) is 33.2 Å². The van der Waals surface area contributed by atoms with E-state index < -0.39 is 0 Å². The van der Waals surface area contributed by atoms with Gasteiger partial charge in [-0.2, -0.15) is 5.26 Å². The summed E-state index contributed by atoms with van der Waals surface area (Å²) in [6.07, 6.45) is 3.85. The molecule has 0 spiro atoms. The van der Waals surface area contributed by atoms with Gasteiger partial charge in [0.1, 0.15) is 4.70 Å². The van der Waals surface area contributed by atoms with E-state index in [1.165, 1.54) is 11.3 Å². The third-order valence-corrected chi connectivity index (χ3v) is 7.07. The predicted octanol–water partition coefficient (Wildman–Crippen LogP) is 2.20. The number of amides is 1. The number of carbonyl (C=O) groups excluding carboxylic acids is 1. The molecule has 3 N–H and O–H groups in total. The number of aromatic nitrogens is 2. The fourth-order valence-electron chi connectivity index (χ4n) is 4.11. The van der Waals surface area contributed by atoms with Gasteiger partial charge in [-0.3, -0.25) is 14.2 Å². The van der Waals surface area contributed by atoms with Gasteiger partial charge in [-0.05, 0) is 43.4 Å². The minimum Gasteiger partial charge on any atom is -0.349 e. The topological polar surface area (TPSA) is 117 Å². The first-order valence-electron chi connectivity index (χ1n) is 10.9. The van der Waals surface area contributed by atoms with Crippen LogP contribution in [0.4, 0.5) is 5.95 Å². The van der Waals surface area contributed by atoms with Gasteiger partial charge in [-0.25, -0.2) is 4.98 Å². The van der Waals surface area contributed by atoms with E-state index in [1.807, 2.05) is 17.0 Å². The average Bonchev–Trinajstić information content (AvgIpc) is 3.50. The van der Waals surface area contributed by atoms with E-state index in [0.717, 1.165) is 37.8 Å². The maximum atomic E-state index is 13.6. The lowest BCUT2D eigenvalue weighted by atomic mass is 10.1. The van der Waals surface area contributed by atoms with Gasteiger partial charge in [0.2, 0.25) is 5.95 Å². The Hall–Kier alpha value is -3.22. The van der Waals surface area contributed by atoms with E-state index in [1.54, 1.807) is 22.8 Å². The lowest BCUT2D eigenvalue weighted by Gasteiger charge is -2.33. The number of carbonyl (C=O) groups is 1. The SMILES string of the molecule is N#Cc1ccccc1Cn1c(N2CCC[C@@H](N)C2)nc2cc(C(=O)NC3CC3)sc2c1=O. The highest BCUT2D eigenvalue weighted by molar-refractivity contribution is 7.20. The molecule has 2 aliphatic rings. The van der Waals surface area contributed by atoms with Crippen LogP contribution >= 0.6 is 11.3 Å². The van der Waals surface area contributed by atoms with Gasteiger partial charge in [-0.1, -0.05) is 18.2 Å². The summed E-state index contributed by atoms with van der Waals surface area (Å²) in [5.74, 6) is 0.384. The van der Waals surface area contributed by atoms with Gasteiger partial charge in [-0.15, -0.1) is 11.3 Å². The number of fused-ring (bicyclic) bond motifs is 1. The molecule has 3 aromatic rings. The minimum atomic E-state index is -0.202. The van der Waals surface area contributed by atoms with E-state index >= 15 is 0 Å². The Morgan fingerprint density at radius 3 is 2.88 bits per heavy atom.